The van der Waals surface area contributed by atoms with Crippen LogP contribution < -0.4 is 10.6 Å². The summed E-state index contributed by atoms with van der Waals surface area (Å²) in [5.41, 5.74) is 1.30. The van der Waals surface area contributed by atoms with Crippen LogP contribution in [0, 0.1) is 5.92 Å². The van der Waals surface area contributed by atoms with Crippen LogP contribution >= 0.6 is 11.8 Å². The number of nitrogens with one attached hydrogen (secondary N) is 2. The number of anilines is 1. The maximum absolute atomic E-state index is 3.62. The summed E-state index contributed by atoms with van der Waals surface area (Å²) in [5.74, 6) is 1.96. The fourth-order valence-electron chi connectivity index (χ4n) is 2.23. The second-order valence-electron chi connectivity index (χ2n) is 4.50. The molecule has 1 aliphatic rings. The summed E-state index contributed by atoms with van der Waals surface area (Å²) in [7, 11) is 0. The molecule has 1 fully saturated rings. The van der Waals surface area contributed by atoms with Crippen molar-refractivity contribution in [3.8, 4) is 0 Å². The Morgan fingerprint density at radius 1 is 1.29 bits per heavy atom. The molecule has 2 rings (SSSR count). The highest BCUT2D eigenvalue weighted by Crippen LogP contribution is 2.27. The van der Waals surface area contributed by atoms with E-state index in [4.69, 9.17) is 0 Å². The van der Waals surface area contributed by atoms with Crippen molar-refractivity contribution in [3.05, 3.63) is 24.3 Å². The van der Waals surface area contributed by atoms with Gasteiger partial charge in [-0.05, 0) is 49.7 Å². The molecule has 0 radical (unpaired) electrons. The summed E-state index contributed by atoms with van der Waals surface area (Å²) in [5, 5.41) is 7.03. The van der Waals surface area contributed by atoms with Crippen LogP contribution in [0.25, 0.3) is 0 Å². The van der Waals surface area contributed by atoms with Gasteiger partial charge in [-0.3, -0.25) is 0 Å². The Morgan fingerprint density at radius 3 is 2.82 bits per heavy atom. The quantitative estimate of drug-likeness (QED) is 0.785. The van der Waals surface area contributed by atoms with Crippen LogP contribution in [-0.2, 0) is 0 Å². The molecule has 1 aromatic rings. The maximum atomic E-state index is 3.62. The number of rotatable bonds is 5. The van der Waals surface area contributed by atoms with Crippen LogP contribution in [-0.4, -0.2) is 25.4 Å². The zero-order chi connectivity index (χ0) is 11.9. The lowest BCUT2D eigenvalue weighted by molar-refractivity contribution is 0.390. The average molecular weight is 250 g/mol. The van der Waals surface area contributed by atoms with Crippen molar-refractivity contribution in [2.24, 2.45) is 5.92 Å². The summed E-state index contributed by atoms with van der Waals surface area (Å²) >= 11 is 1.91. The summed E-state index contributed by atoms with van der Waals surface area (Å²) < 4.78 is 0. The molecule has 94 valence electrons. The first kappa shape index (κ1) is 12.8. The standard InChI is InChI=1S/C14H22N2S/c1-2-17-14-6-4-3-5-13(14)16-11-12-7-9-15-10-8-12/h3-6,12,15-16H,2,7-11H2,1H3. The first-order valence-electron chi connectivity index (χ1n) is 6.56. The Hall–Kier alpha value is -0.670. The average Bonchev–Trinajstić information content (AvgIpc) is 2.39. The van der Waals surface area contributed by atoms with E-state index in [-0.39, 0.29) is 0 Å². The van der Waals surface area contributed by atoms with E-state index < -0.39 is 0 Å². The lowest BCUT2D eigenvalue weighted by Gasteiger charge is -2.23. The van der Waals surface area contributed by atoms with Crippen molar-refractivity contribution in [2.75, 3.05) is 30.7 Å². The van der Waals surface area contributed by atoms with Crippen LogP contribution in [0.1, 0.15) is 19.8 Å². The first-order chi connectivity index (χ1) is 8.40. The fourth-order valence-corrected chi connectivity index (χ4v) is 3.02. The van der Waals surface area contributed by atoms with Crippen molar-refractivity contribution in [1.82, 2.24) is 5.32 Å². The maximum Gasteiger partial charge on any atom is 0.0478 e. The normalized spacial score (nSPS) is 17.0. The Morgan fingerprint density at radius 2 is 2.06 bits per heavy atom. The van der Waals surface area contributed by atoms with Crippen LogP contribution in [0.5, 0.6) is 0 Å². The summed E-state index contributed by atoms with van der Waals surface area (Å²) in [6, 6.07) is 8.64. The smallest absolute Gasteiger partial charge is 0.0478 e. The van der Waals surface area contributed by atoms with E-state index in [0.717, 1.165) is 18.2 Å². The van der Waals surface area contributed by atoms with Gasteiger partial charge in [-0.2, -0.15) is 0 Å². The Kier molecular flexibility index (Phi) is 5.20. The highest BCUT2D eigenvalue weighted by molar-refractivity contribution is 7.99. The van der Waals surface area contributed by atoms with Crippen molar-refractivity contribution < 1.29 is 0 Å². The Balaban J connectivity index is 1.88. The predicted molar refractivity (Wildman–Crippen MR) is 76.9 cm³/mol. The van der Waals surface area contributed by atoms with Crippen LogP contribution in [0.4, 0.5) is 5.69 Å². The molecular weight excluding hydrogens is 228 g/mol. The van der Waals surface area contributed by atoms with Gasteiger partial charge < -0.3 is 10.6 Å². The molecule has 1 heterocycles. The monoisotopic (exact) mass is 250 g/mol. The third-order valence-electron chi connectivity index (χ3n) is 3.23. The van der Waals surface area contributed by atoms with E-state index in [1.807, 2.05) is 11.8 Å². The molecule has 2 N–H and O–H groups in total. The fraction of sp³-hybridized carbons (Fsp3) is 0.571. The van der Waals surface area contributed by atoms with Crippen LogP contribution in [0.3, 0.4) is 0 Å². The topological polar surface area (TPSA) is 24.1 Å². The zero-order valence-corrected chi connectivity index (χ0v) is 11.4. The van der Waals surface area contributed by atoms with Gasteiger partial charge in [0.25, 0.3) is 0 Å². The molecule has 1 aromatic carbocycles. The van der Waals surface area contributed by atoms with Crippen LogP contribution in [0.15, 0.2) is 29.2 Å². The van der Waals surface area contributed by atoms with Crippen molar-refractivity contribution >= 4 is 17.4 Å². The van der Waals surface area contributed by atoms with Crippen LogP contribution in [0.2, 0.25) is 0 Å². The number of hydrogen-bond donors (Lipinski definition) is 2. The second kappa shape index (κ2) is 6.92. The van der Waals surface area contributed by atoms with Gasteiger partial charge in [-0.25, -0.2) is 0 Å². The predicted octanol–water partition coefficient (Wildman–Crippen LogP) is 3.21. The van der Waals surface area contributed by atoms with Gasteiger partial charge in [-0.15, -0.1) is 11.8 Å². The molecule has 0 spiro atoms. The van der Waals surface area contributed by atoms with Gasteiger partial charge in [0.15, 0.2) is 0 Å². The summed E-state index contributed by atoms with van der Waals surface area (Å²) in [6.45, 7) is 5.67. The third-order valence-corrected chi connectivity index (χ3v) is 4.18. The number of piperidine rings is 1. The summed E-state index contributed by atoms with van der Waals surface area (Å²) in [6.07, 6.45) is 2.60. The van der Waals surface area contributed by atoms with Gasteiger partial charge in [0.2, 0.25) is 0 Å². The second-order valence-corrected chi connectivity index (χ2v) is 5.81. The van der Waals surface area contributed by atoms with E-state index >= 15 is 0 Å². The molecular formula is C14H22N2S. The van der Waals surface area contributed by atoms with Gasteiger partial charge in [0, 0.05) is 17.1 Å². The minimum absolute atomic E-state index is 0.830. The van der Waals surface area contributed by atoms with Gasteiger partial charge in [0.05, 0.1) is 0 Å². The van der Waals surface area contributed by atoms with Crippen molar-refractivity contribution in [1.29, 1.82) is 0 Å². The number of thioether (sulfide) groups is 1. The Labute approximate surface area is 109 Å². The van der Waals surface area contributed by atoms with E-state index in [2.05, 4.69) is 41.8 Å². The molecule has 0 aromatic heterocycles. The molecule has 17 heavy (non-hydrogen) atoms. The molecule has 0 saturated carbocycles. The first-order valence-corrected chi connectivity index (χ1v) is 7.55. The third kappa shape index (κ3) is 3.93. The zero-order valence-electron chi connectivity index (χ0n) is 10.5. The number of hydrogen-bond acceptors (Lipinski definition) is 3. The SMILES string of the molecule is CCSc1ccccc1NCC1CCNCC1. The lowest BCUT2D eigenvalue weighted by atomic mass is 9.98. The van der Waals surface area contributed by atoms with Crippen molar-refractivity contribution in [3.63, 3.8) is 0 Å². The molecule has 1 aliphatic heterocycles. The van der Waals surface area contributed by atoms with E-state index in [1.165, 1.54) is 36.5 Å². The molecule has 3 heteroatoms. The number of para-hydroxylation sites is 1. The molecule has 0 unspecified atom stereocenters. The van der Waals surface area contributed by atoms with Gasteiger partial charge in [-0.1, -0.05) is 19.1 Å². The highest BCUT2D eigenvalue weighted by atomic mass is 32.2. The summed E-state index contributed by atoms with van der Waals surface area (Å²) in [4.78, 5) is 1.38. The minimum atomic E-state index is 0.830. The molecule has 2 nitrogen and oxygen atoms in total. The van der Waals surface area contributed by atoms with E-state index in [9.17, 15) is 0 Å². The molecule has 0 amide bonds. The molecule has 0 bridgehead atoms. The van der Waals surface area contributed by atoms with Crippen molar-refractivity contribution in [2.45, 2.75) is 24.7 Å². The molecule has 0 aliphatic carbocycles. The highest BCUT2D eigenvalue weighted by Gasteiger charge is 2.12. The minimum Gasteiger partial charge on any atom is -0.384 e. The largest absolute Gasteiger partial charge is 0.384 e. The molecule has 1 saturated heterocycles. The van der Waals surface area contributed by atoms with E-state index in [0.29, 0.717) is 0 Å². The lowest BCUT2D eigenvalue weighted by Crippen LogP contribution is -2.31. The Bertz CT molecular complexity index is 335. The molecule has 0 atom stereocenters. The number of benzene rings is 1. The van der Waals surface area contributed by atoms with E-state index in [1.54, 1.807) is 0 Å². The van der Waals surface area contributed by atoms with Gasteiger partial charge in [0.1, 0.15) is 0 Å². The van der Waals surface area contributed by atoms with Gasteiger partial charge >= 0.3 is 0 Å².